The van der Waals surface area contributed by atoms with Crippen molar-refractivity contribution in [2.24, 2.45) is 11.8 Å². The summed E-state index contributed by atoms with van der Waals surface area (Å²) >= 11 is 0. The van der Waals surface area contributed by atoms with Gasteiger partial charge in [0.25, 0.3) is 0 Å². The van der Waals surface area contributed by atoms with Crippen LogP contribution in [0.3, 0.4) is 0 Å². The highest BCUT2D eigenvalue weighted by Crippen LogP contribution is 2.27. The number of likely N-dealkylation sites (tertiary alicyclic amines) is 1. The fraction of sp³-hybridized carbons (Fsp3) is 0.867. The molecule has 3 atom stereocenters. The Morgan fingerprint density at radius 1 is 1.35 bits per heavy atom. The first kappa shape index (κ1) is 15.3. The van der Waals surface area contributed by atoms with Crippen LogP contribution in [0.25, 0.3) is 0 Å². The minimum absolute atomic E-state index is 0.115. The first-order chi connectivity index (χ1) is 9.47. The van der Waals surface area contributed by atoms with Crippen LogP contribution in [-0.4, -0.2) is 47.2 Å². The average Bonchev–Trinajstić information content (AvgIpc) is 2.77. The maximum Gasteiger partial charge on any atom is 0.332 e. The molecule has 1 amide bonds. The highest BCUT2D eigenvalue weighted by Gasteiger charge is 2.33. The standard InChI is InChI=1S/C15H25NO4/c1-10(2)11-3-6-14(17)16(8-7-11)9-12-4-5-13(20-12)15(18)19/h10-13H,3-9H2,1-2H3,(H,18,19). The molecule has 5 nitrogen and oxygen atoms in total. The lowest BCUT2D eigenvalue weighted by Crippen LogP contribution is -2.37. The highest BCUT2D eigenvalue weighted by atomic mass is 16.5. The number of carboxylic acid groups (broad SMARTS) is 1. The first-order valence-electron chi connectivity index (χ1n) is 7.63. The molecule has 1 N–H and O–H groups in total. The van der Waals surface area contributed by atoms with Crippen LogP contribution in [0.15, 0.2) is 0 Å². The molecule has 2 saturated heterocycles. The van der Waals surface area contributed by atoms with Crippen LogP contribution < -0.4 is 0 Å². The molecular formula is C15H25NO4. The normalized spacial score (nSPS) is 31.6. The summed E-state index contributed by atoms with van der Waals surface area (Å²) in [5.41, 5.74) is 0. The van der Waals surface area contributed by atoms with E-state index in [1.54, 1.807) is 0 Å². The number of nitrogens with zero attached hydrogens (tertiary/aromatic N) is 1. The topological polar surface area (TPSA) is 66.8 Å². The Bertz CT molecular complexity index is 369. The number of carboxylic acids is 1. The molecule has 0 bridgehead atoms. The summed E-state index contributed by atoms with van der Waals surface area (Å²) in [6.45, 7) is 5.75. The number of amides is 1. The highest BCUT2D eigenvalue weighted by molar-refractivity contribution is 5.76. The van der Waals surface area contributed by atoms with Crippen molar-refractivity contribution in [3.8, 4) is 0 Å². The molecule has 2 aliphatic rings. The monoisotopic (exact) mass is 283 g/mol. The van der Waals surface area contributed by atoms with Gasteiger partial charge >= 0.3 is 5.97 Å². The van der Waals surface area contributed by atoms with Crippen LogP contribution in [0, 0.1) is 11.8 Å². The van der Waals surface area contributed by atoms with E-state index in [-0.39, 0.29) is 12.0 Å². The summed E-state index contributed by atoms with van der Waals surface area (Å²) in [6.07, 6.45) is 3.10. The van der Waals surface area contributed by atoms with Gasteiger partial charge in [0.1, 0.15) is 0 Å². The third kappa shape index (κ3) is 3.72. The molecule has 2 aliphatic heterocycles. The van der Waals surface area contributed by atoms with Crippen molar-refractivity contribution in [1.82, 2.24) is 4.90 Å². The SMILES string of the molecule is CC(C)C1CCC(=O)N(CC2CCC(C(=O)O)O2)CC1. The Labute approximate surface area is 120 Å². The van der Waals surface area contributed by atoms with Gasteiger partial charge in [0, 0.05) is 19.5 Å². The van der Waals surface area contributed by atoms with E-state index in [0.717, 1.165) is 25.8 Å². The van der Waals surface area contributed by atoms with Crippen molar-refractivity contribution in [2.75, 3.05) is 13.1 Å². The Balaban J connectivity index is 1.86. The molecule has 0 radical (unpaired) electrons. The average molecular weight is 283 g/mol. The molecular weight excluding hydrogens is 258 g/mol. The minimum Gasteiger partial charge on any atom is -0.479 e. The summed E-state index contributed by atoms with van der Waals surface area (Å²) in [7, 11) is 0. The van der Waals surface area contributed by atoms with Crippen molar-refractivity contribution in [3.05, 3.63) is 0 Å². The number of hydrogen-bond acceptors (Lipinski definition) is 3. The predicted molar refractivity (Wildman–Crippen MR) is 74.3 cm³/mol. The molecule has 20 heavy (non-hydrogen) atoms. The number of carbonyl (C=O) groups is 2. The maximum absolute atomic E-state index is 12.1. The van der Waals surface area contributed by atoms with Crippen LogP contribution in [0.1, 0.15) is 46.0 Å². The van der Waals surface area contributed by atoms with Crippen molar-refractivity contribution < 1.29 is 19.4 Å². The van der Waals surface area contributed by atoms with E-state index < -0.39 is 12.1 Å². The Kier molecular flexibility index (Phi) is 5.02. The van der Waals surface area contributed by atoms with E-state index in [1.807, 2.05) is 4.90 Å². The van der Waals surface area contributed by atoms with Crippen molar-refractivity contribution in [1.29, 1.82) is 0 Å². The molecule has 0 aromatic carbocycles. The Morgan fingerprint density at radius 3 is 2.70 bits per heavy atom. The Morgan fingerprint density at radius 2 is 2.10 bits per heavy atom. The van der Waals surface area contributed by atoms with Gasteiger partial charge in [-0.3, -0.25) is 4.79 Å². The Hall–Kier alpha value is -1.10. The molecule has 2 fully saturated rings. The van der Waals surface area contributed by atoms with Gasteiger partial charge in [0.05, 0.1) is 6.10 Å². The lowest BCUT2D eigenvalue weighted by molar-refractivity contribution is -0.150. The van der Waals surface area contributed by atoms with Crippen LogP contribution in [0.5, 0.6) is 0 Å². The second-order valence-corrected chi connectivity index (χ2v) is 6.33. The summed E-state index contributed by atoms with van der Waals surface area (Å²) in [5, 5.41) is 8.92. The number of ether oxygens (including phenoxy) is 1. The minimum atomic E-state index is -0.894. The van der Waals surface area contributed by atoms with Crippen molar-refractivity contribution in [2.45, 2.75) is 58.2 Å². The lowest BCUT2D eigenvalue weighted by Gasteiger charge is -2.24. The van der Waals surface area contributed by atoms with Gasteiger partial charge in [0.2, 0.25) is 5.91 Å². The molecule has 114 valence electrons. The molecule has 0 saturated carbocycles. The van der Waals surface area contributed by atoms with Gasteiger partial charge in [-0.2, -0.15) is 0 Å². The molecule has 5 heteroatoms. The zero-order chi connectivity index (χ0) is 14.7. The van der Waals surface area contributed by atoms with Gasteiger partial charge in [-0.05, 0) is 37.5 Å². The summed E-state index contributed by atoms with van der Waals surface area (Å²) < 4.78 is 5.50. The van der Waals surface area contributed by atoms with E-state index in [1.165, 1.54) is 0 Å². The number of hydrogen-bond donors (Lipinski definition) is 1. The van der Waals surface area contributed by atoms with Gasteiger partial charge in [-0.1, -0.05) is 13.8 Å². The molecule has 0 aromatic heterocycles. The first-order valence-corrected chi connectivity index (χ1v) is 7.63. The molecule has 0 aromatic rings. The van der Waals surface area contributed by atoms with E-state index in [2.05, 4.69) is 13.8 Å². The number of rotatable bonds is 4. The molecule has 0 aliphatic carbocycles. The maximum atomic E-state index is 12.1. The zero-order valence-corrected chi connectivity index (χ0v) is 12.4. The van der Waals surface area contributed by atoms with Gasteiger partial charge < -0.3 is 14.7 Å². The van der Waals surface area contributed by atoms with E-state index in [0.29, 0.717) is 31.2 Å². The summed E-state index contributed by atoms with van der Waals surface area (Å²) in [5.74, 6) is 0.521. The largest absolute Gasteiger partial charge is 0.479 e. The molecule has 2 heterocycles. The smallest absolute Gasteiger partial charge is 0.332 e. The summed E-state index contributed by atoms with van der Waals surface area (Å²) in [4.78, 5) is 24.9. The van der Waals surface area contributed by atoms with Gasteiger partial charge in [-0.15, -0.1) is 0 Å². The number of aliphatic carboxylic acids is 1. The van der Waals surface area contributed by atoms with Gasteiger partial charge in [-0.25, -0.2) is 4.79 Å². The fourth-order valence-electron chi connectivity index (χ4n) is 3.18. The third-order valence-corrected chi connectivity index (χ3v) is 4.60. The second kappa shape index (κ2) is 6.57. The molecule has 0 spiro atoms. The number of carbonyl (C=O) groups excluding carboxylic acids is 1. The van der Waals surface area contributed by atoms with Gasteiger partial charge in [0.15, 0.2) is 6.10 Å². The predicted octanol–water partition coefficient (Wildman–Crippen LogP) is 1.90. The quantitative estimate of drug-likeness (QED) is 0.855. The van der Waals surface area contributed by atoms with Crippen LogP contribution in [-0.2, 0) is 14.3 Å². The molecule has 2 rings (SSSR count). The van der Waals surface area contributed by atoms with E-state index in [4.69, 9.17) is 9.84 Å². The second-order valence-electron chi connectivity index (χ2n) is 6.33. The summed E-state index contributed by atoms with van der Waals surface area (Å²) in [6, 6.07) is 0. The molecule has 3 unspecified atom stereocenters. The fourth-order valence-corrected chi connectivity index (χ4v) is 3.18. The lowest BCUT2D eigenvalue weighted by atomic mass is 9.89. The van der Waals surface area contributed by atoms with Crippen LogP contribution in [0.2, 0.25) is 0 Å². The van der Waals surface area contributed by atoms with Crippen LogP contribution in [0.4, 0.5) is 0 Å². The van der Waals surface area contributed by atoms with E-state index >= 15 is 0 Å². The van der Waals surface area contributed by atoms with Crippen molar-refractivity contribution in [3.63, 3.8) is 0 Å². The zero-order valence-electron chi connectivity index (χ0n) is 12.4. The van der Waals surface area contributed by atoms with E-state index in [9.17, 15) is 9.59 Å². The van der Waals surface area contributed by atoms with Crippen molar-refractivity contribution >= 4 is 11.9 Å². The van der Waals surface area contributed by atoms with Crippen LogP contribution >= 0.6 is 0 Å². The third-order valence-electron chi connectivity index (χ3n) is 4.60.